The number of carbonyl (C=O) groups is 2. The van der Waals surface area contributed by atoms with Crippen molar-refractivity contribution in [3.63, 3.8) is 0 Å². The molecule has 0 bridgehead atoms. The Morgan fingerprint density at radius 3 is 2.32 bits per heavy atom. The Kier molecular flexibility index (Phi) is 5.91. The molecule has 0 spiro atoms. The van der Waals surface area contributed by atoms with E-state index in [0.29, 0.717) is 28.4 Å². The van der Waals surface area contributed by atoms with Crippen LogP contribution in [-0.4, -0.2) is 18.4 Å². The highest BCUT2D eigenvalue weighted by Gasteiger charge is 2.24. The van der Waals surface area contributed by atoms with Gasteiger partial charge in [-0.1, -0.05) is 60.1 Å². The lowest BCUT2D eigenvalue weighted by atomic mass is 9.98. The molecule has 1 aliphatic rings. The van der Waals surface area contributed by atoms with Crippen LogP contribution in [0.4, 0.5) is 11.4 Å². The molecule has 4 aromatic carbocycles. The van der Waals surface area contributed by atoms with Crippen LogP contribution >= 0.6 is 11.6 Å². The molecule has 0 saturated carbocycles. The molecular formula is C29H23ClN2O2. The Morgan fingerprint density at radius 2 is 1.56 bits per heavy atom. The summed E-state index contributed by atoms with van der Waals surface area (Å²) in [5.41, 5.74) is 6.93. The third-order valence-corrected chi connectivity index (χ3v) is 6.42. The highest BCUT2D eigenvalue weighted by molar-refractivity contribution is 6.34. The summed E-state index contributed by atoms with van der Waals surface area (Å²) in [4.78, 5) is 28.0. The van der Waals surface area contributed by atoms with Crippen LogP contribution in [0.1, 0.15) is 31.8 Å². The first kappa shape index (κ1) is 21.9. The van der Waals surface area contributed by atoms with Gasteiger partial charge in [0.2, 0.25) is 0 Å². The minimum absolute atomic E-state index is 0.0697. The van der Waals surface area contributed by atoms with E-state index in [1.165, 1.54) is 11.1 Å². The fraction of sp³-hybridized carbons (Fsp3) is 0.103. The fourth-order valence-corrected chi connectivity index (χ4v) is 4.68. The molecule has 4 nitrogen and oxygen atoms in total. The second kappa shape index (κ2) is 9.16. The number of nitrogens with zero attached hydrogens (tertiary/aromatic N) is 1. The van der Waals surface area contributed by atoms with Gasteiger partial charge < -0.3 is 10.2 Å². The van der Waals surface area contributed by atoms with Crippen molar-refractivity contribution >= 4 is 34.8 Å². The highest BCUT2D eigenvalue weighted by atomic mass is 35.5. The van der Waals surface area contributed by atoms with Gasteiger partial charge in [-0.15, -0.1) is 0 Å². The van der Waals surface area contributed by atoms with Gasteiger partial charge in [-0.2, -0.15) is 0 Å². The number of hydrogen-bond donors (Lipinski definition) is 1. The van der Waals surface area contributed by atoms with Gasteiger partial charge in [0, 0.05) is 23.4 Å². The zero-order valence-electron chi connectivity index (χ0n) is 18.7. The lowest BCUT2D eigenvalue weighted by Crippen LogP contribution is -2.32. The van der Waals surface area contributed by atoms with E-state index in [-0.39, 0.29) is 11.8 Å². The first-order valence-corrected chi connectivity index (χ1v) is 11.6. The van der Waals surface area contributed by atoms with E-state index >= 15 is 0 Å². The molecule has 0 radical (unpaired) electrons. The van der Waals surface area contributed by atoms with E-state index in [1.807, 2.05) is 48.2 Å². The van der Waals surface area contributed by atoms with Crippen LogP contribution < -0.4 is 10.2 Å². The number of anilines is 2. The maximum Gasteiger partial charge on any atom is 0.258 e. The smallest absolute Gasteiger partial charge is 0.258 e. The van der Waals surface area contributed by atoms with Gasteiger partial charge in [-0.25, -0.2) is 0 Å². The lowest BCUT2D eigenvalue weighted by molar-refractivity contribution is 0.0986. The number of para-hydroxylation sites is 1. The van der Waals surface area contributed by atoms with E-state index in [2.05, 4.69) is 23.5 Å². The molecule has 0 unspecified atom stereocenters. The van der Waals surface area contributed by atoms with Crippen molar-refractivity contribution in [1.82, 2.24) is 0 Å². The number of hydrogen-bond acceptors (Lipinski definition) is 2. The predicted molar refractivity (Wildman–Crippen MR) is 138 cm³/mol. The van der Waals surface area contributed by atoms with Crippen LogP contribution in [0, 0.1) is 6.92 Å². The molecule has 1 N–H and O–H groups in total. The maximum absolute atomic E-state index is 13.5. The van der Waals surface area contributed by atoms with E-state index < -0.39 is 0 Å². The van der Waals surface area contributed by atoms with Crippen molar-refractivity contribution < 1.29 is 9.59 Å². The van der Waals surface area contributed by atoms with Gasteiger partial charge >= 0.3 is 0 Å². The van der Waals surface area contributed by atoms with Crippen LogP contribution in [0.2, 0.25) is 5.02 Å². The Labute approximate surface area is 203 Å². The minimum Gasteiger partial charge on any atom is -0.322 e. The number of carbonyl (C=O) groups excluding carboxylic acids is 2. The summed E-state index contributed by atoms with van der Waals surface area (Å²) in [5.74, 6) is -0.358. The molecule has 0 fully saturated rings. The number of halogens is 1. The largest absolute Gasteiger partial charge is 0.322 e. The van der Waals surface area contributed by atoms with Crippen molar-refractivity contribution in [3.8, 4) is 11.1 Å². The second-order valence-corrected chi connectivity index (χ2v) is 8.80. The van der Waals surface area contributed by atoms with Crippen LogP contribution in [0.25, 0.3) is 11.1 Å². The summed E-state index contributed by atoms with van der Waals surface area (Å²) in [5, 5.41) is 3.26. The highest BCUT2D eigenvalue weighted by Crippen LogP contribution is 2.36. The molecule has 5 heteroatoms. The van der Waals surface area contributed by atoms with E-state index in [4.69, 9.17) is 11.6 Å². The van der Waals surface area contributed by atoms with Crippen LogP contribution in [0.3, 0.4) is 0 Å². The van der Waals surface area contributed by atoms with Crippen LogP contribution in [0.5, 0.6) is 0 Å². The second-order valence-electron chi connectivity index (χ2n) is 8.40. The zero-order valence-corrected chi connectivity index (χ0v) is 19.5. The molecule has 0 aliphatic carbocycles. The Bertz CT molecular complexity index is 1400. The quantitative estimate of drug-likeness (QED) is 0.362. The van der Waals surface area contributed by atoms with Gasteiger partial charge in [0.05, 0.1) is 16.3 Å². The third kappa shape index (κ3) is 4.20. The van der Waals surface area contributed by atoms with E-state index in [9.17, 15) is 9.59 Å². The zero-order chi connectivity index (χ0) is 23.7. The number of rotatable bonds is 3. The first-order chi connectivity index (χ1) is 16.5. The number of nitrogens with one attached hydrogen (secondary N) is 1. The average Bonchev–Trinajstić information content (AvgIpc) is 3.01. The number of aryl methyl sites for hydroxylation is 1. The first-order valence-electron chi connectivity index (χ1n) is 11.2. The molecule has 168 valence electrons. The van der Waals surface area contributed by atoms with Crippen molar-refractivity contribution in [2.75, 3.05) is 16.8 Å². The summed E-state index contributed by atoms with van der Waals surface area (Å²) in [6.45, 7) is 2.52. The third-order valence-electron chi connectivity index (χ3n) is 6.11. The summed E-state index contributed by atoms with van der Waals surface area (Å²) >= 11 is 6.22. The minimum atomic E-state index is -0.289. The van der Waals surface area contributed by atoms with E-state index in [1.54, 1.807) is 36.4 Å². The summed E-state index contributed by atoms with van der Waals surface area (Å²) < 4.78 is 0. The van der Waals surface area contributed by atoms with Gasteiger partial charge in [0.25, 0.3) is 11.8 Å². The molecule has 0 aromatic heterocycles. The molecule has 0 saturated heterocycles. The average molecular weight is 467 g/mol. The molecule has 2 amide bonds. The molecule has 1 aliphatic heterocycles. The topological polar surface area (TPSA) is 49.4 Å². The lowest BCUT2D eigenvalue weighted by Gasteiger charge is -2.23. The molecule has 34 heavy (non-hydrogen) atoms. The summed E-state index contributed by atoms with van der Waals surface area (Å²) in [7, 11) is 0. The molecular weight excluding hydrogens is 444 g/mol. The molecule has 4 aromatic rings. The normalized spacial score (nSPS) is 12.4. The van der Waals surface area contributed by atoms with Gasteiger partial charge in [0.15, 0.2) is 0 Å². The molecule has 1 heterocycles. The summed E-state index contributed by atoms with van der Waals surface area (Å²) in [6.07, 6.45) is 0.780. The van der Waals surface area contributed by atoms with Gasteiger partial charge in [0.1, 0.15) is 0 Å². The van der Waals surface area contributed by atoms with Crippen LogP contribution in [-0.2, 0) is 6.42 Å². The fourth-order valence-electron chi connectivity index (χ4n) is 4.36. The summed E-state index contributed by atoms with van der Waals surface area (Å²) in [6, 6.07) is 28.6. The van der Waals surface area contributed by atoms with Crippen molar-refractivity contribution in [1.29, 1.82) is 0 Å². The Balaban J connectivity index is 1.38. The van der Waals surface area contributed by atoms with Crippen molar-refractivity contribution in [2.24, 2.45) is 0 Å². The monoisotopic (exact) mass is 466 g/mol. The van der Waals surface area contributed by atoms with E-state index in [0.717, 1.165) is 23.2 Å². The molecule has 0 atom stereocenters. The SMILES string of the molecule is Cc1ccc(C(=O)Nc2ccc(C(=O)N3CCc4ccccc4-c4ccccc43)cc2)c(Cl)c1. The number of amides is 2. The van der Waals surface area contributed by atoms with Gasteiger partial charge in [-0.3, -0.25) is 9.59 Å². The van der Waals surface area contributed by atoms with Crippen LogP contribution in [0.15, 0.2) is 91.0 Å². The van der Waals surface area contributed by atoms with Crippen molar-refractivity contribution in [3.05, 3.63) is 118 Å². The Morgan fingerprint density at radius 1 is 0.853 bits per heavy atom. The number of benzene rings is 4. The maximum atomic E-state index is 13.5. The standard InChI is InChI=1S/C29H23ClN2O2/c1-19-10-15-25(26(30)18-19)28(33)31-22-13-11-21(12-14-22)29(34)32-17-16-20-6-2-3-7-23(20)24-8-4-5-9-27(24)32/h2-15,18H,16-17H2,1H3,(H,31,33). The number of fused-ring (bicyclic) bond motifs is 3. The van der Waals surface area contributed by atoms with Crippen molar-refractivity contribution in [2.45, 2.75) is 13.3 Å². The molecule has 5 rings (SSSR count). The predicted octanol–water partition coefficient (Wildman–Crippen LogP) is 6.77. The Hall–Kier alpha value is -3.89. The van der Waals surface area contributed by atoms with Gasteiger partial charge in [-0.05, 0) is 72.5 Å².